The van der Waals surface area contributed by atoms with Crippen LogP contribution in [0.15, 0.2) is 0 Å². The largest absolute Gasteiger partial charge is 0.444 e. The smallest absolute Gasteiger partial charge is 0.410 e. The summed E-state index contributed by atoms with van der Waals surface area (Å²) in [5.41, 5.74) is -0.514. The maximum absolute atomic E-state index is 12.2. The second-order valence-electron chi connectivity index (χ2n) is 7.44. The van der Waals surface area contributed by atoms with E-state index >= 15 is 0 Å². The second-order valence-corrected chi connectivity index (χ2v) is 7.44. The van der Waals surface area contributed by atoms with E-state index in [4.69, 9.17) is 4.74 Å². The fourth-order valence-corrected chi connectivity index (χ4v) is 3.08. The molecule has 1 amide bonds. The highest BCUT2D eigenvalue weighted by Gasteiger charge is 2.26. The Morgan fingerprint density at radius 1 is 1.41 bits per heavy atom. The fourth-order valence-electron chi connectivity index (χ4n) is 3.08. The van der Waals surface area contributed by atoms with Crippen LogP contribution in [0.4, 0.5) is 4.79 Å². The lowest BCUT2D eigenvalue weighted by molar-refractivity contribution is 0.0162. The summed E-state index contributed by atoms with van der Waals surface area (Å²) >= 11 is 0. The van der Waals surface area contributed by atoms with Crippen LogP contribution in [0.3, 0.4) is 0 Å². The molecular formula is C17H34N2O3. The van der Waals surface area contributed by atoms with Gasteiger partial charge in [0.05, 0.1) is 6.10 Å². The lowest BCUT2D eigenvalue weighted by Crippen LogP contribution is -2.45. The van der Waals surface area contributed by atoms with E-state index < -0.39 is 11.7 Å². The quantitative estimate of drug-likeness (QED) is 0.758. The van der Waals surface area contributed by atoms with Crippen LogP contribution in [0.1, 0.15) is 60.3 Å². The Bertz CT molecular complexity index is 339. The molecule has 1 aliphatic rings. The van der Waals surface area contributed by atoms with Crippen LogP contribution in [0.5, 0.6) is 0 Å². The van der Waals surface area contributed by atoms with Crippen molar-refractivity contribution < 1.29 is 14.6 Å². The van der Waals surface area contributed by atoms with Crippen LogP contribution in [-0.2, 0) is 4.74 Å². The van der Waals surface area contributed by atoms with E-state index in [9.17, 15) is 9.90 Å². The third-order valence-corrected chi connectivity index (χ3v) is 4.11. The van der Waals surface area contributed by atoms with Gasteiger partial charge in [-0.15, -0.1) is 0 Å². The van der Waals surface area contributed by atoms with Gasteiger partial charge in [0.25, 0.3) is 0 Å². The monoisotopic (exact) mass is 314 g/mol. The number of aliphatic hydroxyl groups excluding tert-OH is 1. The Morgan fingerprint density at radius 3 is 2.64 bits per heavy atom. The van der Waals surface area contributed by atoms with Crippen molar-refractivity contribution in [2.75, 3.05) is 19.6 Å². The van der Waals surface area contributed by atoms with Gasteiger partial charge < -0.3 is 20.1 Å². The van der Waals surface area contributed by atoms with Gasteiger partial charge in [-0.2, -0.15) is 0 Å². The first-order valence-corrected chi connectivity index (χ1v) is 8.62. The SMILES string of the molecule is CCC1CCCC1NCCN(CC(C)O)C(=O)OC(C)(C)C. The molecule has 2 N–H and O–H groups in total. The van der Waals surface area contributed by atoms with Crippen molar-refractivity contribution in [3.8, 4) is 0 Å². The molecule has 3 unspecified atom stereocenters. The minimum absolute atomic E-state index is 0.304. The van der Waals surface area contributed by atoms with Crippen molar-refractivity contribution in [1.82, 2.24) is 10.2 Å². The molecule has 0 aromatic carbocycles. The maximum atomic E-state index is 12.2. The van der Waals surface area contributed by atoms with Crippen molar-refractivity contribution in [1.29, 1.82) is 0 Å². The summed E-state index contributed by atoms with van der Waals surface area (Å²) in [6, 6.07) is 0.567. The molecule has 0 aromatic rings. The van der Waals surface area contributed by atoms with Gasteiger partial charge >= 0.3 is 6.09 Å². The van der Waals surface area contributed by atoms with E-state index in [0.29, 0.717) is 19.1 Å². The number of carbonyl (C=O) groups excluding carboxylic acids is 1. The molecule has 0 saturated heterocycles. The number of amides is 1. The number of nitrogens with zero attached hydrogens (tertiary/aromatic N) is 1. The van der Waals surface area contributed by atoms with Crippen molar-refractivity contribution in [2.24, 2.45) is 5.92 Å². The van der Waals surface area contributed by atoms with Crippen LogP contribution in [0.25, 0.3) is 0 Å². The molecule has 3 atom stereocenters. The Labute approximate surface area is 135 Å². The zero-order valence-corrected chi connectivity index (χ0v) is 14.9. The van der Waals surface area contributed by atoms with Gasteiger partial charge in [0.1, 0.15) is 5.60 Å². The number of ether oxygens (including phenoxy) is 1. The van der Waals surface area contributed by atoms with E-state index in [1.54, 1.807) is 11.8 Å². The molecule has 0 aromatic heterocycles. The molecule has 0 bridgehead atoms. The predicted octanol–water partition coefficient (Wildman–Crippen LogP) is 2.77. The third-order valence-electron chi connectivity index (χ3n) is 4.11. The van der Waals surface area contributed by atoms with E-state index in [-0.39, 0.29) is 6.09 Å². The van der Waals surface area contributed by atoms with Gasteiger partial charge in [-0.25, -0.2) is 4.79 Å². The average molecular weight is 314 g/mol. The van der Waals surface area contributed by atoms with E-state index in [0.717, 1.165) is 12.5 Å². The first-order chi connectivity index (χ1) is 10.2. The third kappa shape index (κ3) is 6.97. The standard InChI is InChI=1S/C17H34N2O3/c1-6-14-8-7-9-15(14)18-10-11-19(12-13(2)20)16(21)22-17(3,4)5/h13-15,18,20H,6-12H2,1-5H3. The van der Waals surface area contributed by atoms with Gasteiger partial charge in [-0.05, 0) is 46.5 Å². The Morgan fingerprint density at radius 2 is 2.09 bits per heavy atom. The Hall–Kier alpha value is -0.810. The molecule has 1 aliphatic carbocycles. The topological polar surface area (TPSA) is 61.8 Å². The van der Waals surface area contributed by atoms with Crippen LogP contribution >= 0.6 is 0 Å². The van der Waals surface area contributed by atoms with Gasteiger partial charge in [-0.3, -0.25) is 0 Å². The number of carbonyl (C=O) groups is 1. The number of rotatable bonds is 7. The maximum Gasteiger partial charge on any atom is 0.410 e. The summed E-state index contributed by atoms with van der Waals surface area (Å²) in [6.45, 7) is 11.1. The van der Waals surface area contributed by atoms with Crippen LogP contribution in [0.2, 0.25) is 0 Å². The molecule has 1 fully saturated rings. The first kappa shape index (κ1) is 19.2. The summed E-state index contributed by atoms with van der Waals surface area (Å²) in [7, 11) is 0. The van der Waals surface area contributed by atoms with E-state index in [1.807, 2.05) is 20.8 Å². The normalized spacial score (nSPS) is 23.4. The Balaban J connectivity index is 2.45. The summed E-state index contributed by atoms with van der Waals surface area (Å²) in [6.07, 6.45) is 4.12. The van der Waals surface area contributed by atoms with Crippen molar-refractivity contribution in [3.05, 3.63) is 0 Å². The summed E-state index contributed by atoms with van der Waals surface area (Å²) in [5.74, 6) is 0.756. The summed E-state index contributed by atoms with van der Waals surface area (Å²) in [4.78, 5) is 13.8. The van der Waals surface area contributed by atoms with Gasteiger partial charge in [0.2, 0.25) is 0 Å². The van der Waals surface area contributed by atoms with Crippen LogP contribution < -0.4 is 5.32 Å². The molecule has 0 spiro atoms. The summed E-state index contributed by atoms with van der Waals surface area (Å²) in [5, 5.41) is 13.2. The van der Waals surface area contributed by atoms with Gasteiger partial charge in [-0.1, -0.05) is 19.8 Å². The van der Waals surface area contributed by atoms with Crippen molar-refractivity contribution in [3.63, 3.8) is 0 Å². The number of aliphatic hydroxyl groups is 1. The molecule has 22 heavy (non-hydrogen) atoms. The second kappa shape index (κ2) is 8.73. The van der Waals surface area contributed by atoms with E-state index in [1.165, 1.54) is 25.7 Å². The highest BCUT2D eigenvalue weighted by atomic mass is 16.6. The molecule has 1 rings (SSSR count). The lowest BCUT2D eigenvalue weighted by Gasteiger charge is -2.29. The first-order valence-electron chi connectivity index (χ1n) is 8.62. The minimum Gasteiger partial charge on any atom is -0.444 e. The highest BCUT2D eigenvalue weighted by Crippen LogP contribution is 2.27. The zero-order valence-electron chi connectivity index (χ0n) is 14.9. The molecule has 5 heteroatoms. The van der Waals surface area contributed by atoms with E-state index in [2.05, 4.69) is 12.2 Å². The van der Waals surface area contributed by atoms with Gasteiger partial charge in [0.15, 0.2) is 0 Å². The minimum atomic E-state index is -0.553. The molecule has 0 radical (unpaired) electrons. The highest BCUT2D eigenvalue weighted by molar-refractivity contribution is 5.68. The van der Waals surface area contributed by atoms with Gasteiger partial charge in [0, 0.05) is 25.7 Å². The summed E-state index contributed by atoms with van der Waals surface area (Å²) < 4.78 is 5.41. The van der Waals surface area contributed by atoms with Crippen LogP contribution in [-0.4, -0.2) is 53.5 Å². The predicted molar refractivity (Wildman–Crippen MR) is 88.9 cm³/mol. The van der Waals surface area contributed by atoms with Crippen molar-refractivity contribution in [2.45, 2.75) is 78.0 Å². The van der Waals surface area contributed by atoms with Crippen LogP contribution in [0, 0.1) is 5.92 Å². The lowest BCUT2D eigenvalue weighted by atomic mass is 10.0. The molecular weight excluding hydrogens is 280 g/mol. The van der Waals surface area contributed by atoms with Crippen molar-refractivity contribution >= 4 is 6.09 Å². The number of nitrogens with one attached hydrogen (secondary N) is 1. The molecule has 1 saturated carbocycles. The average Bonchev–Trinajstić information content (AvgIpc) is 2.82. The molecule has 0 heterocycles. The zero-order chi connectivity index (χ0) is 16.8. The molecule has 0 aliphatic heterocycles. The molecule has 130 valence electrons. The molecule has 5 nitrogen and oxygen atoms in total. The fraction of sp³-hybridized carbons (Fsp3) is 0.941. The number of hydrogen-bond donors (Lipinski definition) is 2. The number of hydrogen-bond acceptors (Lipinski definition) is 4. The Kier molecular flexibility index (Phi) is 7.63.